The number of hydrogen-bond donors (Lipinski definition) is 2. The van der Waals surface area contributed by atoms with Crippen LogP contribution in [0.4, 0.5) is 0 Å². The van der Waals surface area contributed by atoms with Gasteiger partial charge in [-0.15, -0.1) is 24.8 Å². The predicted molar refractivity (Wildman–Crippen MR) is 103 cm³/mol. The minimum absolute atomic E-state index is 0. The maximum atomic E-state index is 11.1. The Morgan fingerprint density at radius 2 is 1.83 bits per heavy atom. The van der Waals surface area contributed by atoms with Crippen LogP contribution in [0.2, 0.25) is 10.0 Å². The van der Waals surface area contributed by atoms with Gasteiger partial charge in [0.25, 0.3) is 0 Å². The van der Waals surface area contributed by atoms with E-state index >= 15 is 0 Å². The third-order valence-electron chi connectivity index (χ3n) is 3.47. The van der Waals surface area contributed by atoms with Crippen molar-refractivity contribution in [3.05, 3.63) is 33.8 Å². The second kappa shape index (κ2) is 14.2. The van der Waals surface area contributed by atoms with Gasteiger partial charge < -0.3 is 10.4 Å². The average molecular weight is 405 g/mol. The number of carboxylic acids is 1. The lowest BCUT2D eigenvalue weighted by Crippen LogP contribution is -2.19. The van der Waals surface area contributed by atoms with Gasteiger partial charge in [-0.05, 0) is 43.5 Å². The molecule has 134 valence electrons. The van der Waals surface area contributed by atoms with E-state index in [1.165, 1.54) is 0 Å². The van der Waals surface area contributed by atoms with Crippen LogP contribution in [0.3, 0.4) is 0 Å². The van der Waals surface area contributed by atoms with Crippen molar-refractivity contribution in [3.8, 4) is 0 Å². The Morgan fingerprint density at radius 1 is 1.17 bits per heavy atom. The first-order valence-corrected chi connectivity index (χ1v) is 8.17. The number of hydrogen-bond acceptors (Lipinski definition) is 2. The summed E-state index contributed by atoms with van der Waals surface area (Å²) in [6, 6.07) is 5.56. The van der Waals surface area contributed by atoms with Crippen LogP contribution in [0.1, 0.15) is 44.6 Å². The Hall–Kier alpha value is -0.190. The fourth-order valence-corrected chi connectivity index (χ4v) is 2.52. The first kappa shape index (κ1) is 25.1. The number of unbranched alkanes of at least 4 members (excludes halogenated alkanes) is 1. The van der Waals surface area contributed by atoms with Crippen molar-refractivity contribution in [2.24, 2.45) is 5.92 Å². The fraction of sp³-hybridized carbons (Fsp3) is 0.562. The van der Waals surface area contributed by atoms with Gasteiger partial charge in [-0.2, -0.15) is 0 Å². The van der Waals surface area contributed by atoms with Crippen molar-refractivity contribution >= 4 is 54.0 Å². The molecule has 3 nitrogen and oxygen atoms in total. The molecule has 0 aliphatic carbocycles. The van der Waals surface area contributed by atoms with Crippen molar-refractivity contribution in [2.75, 3.05) is 6.54 Å². The summed E-state index contributed by atoms with van der Waals surface area (Å²) in [5.41, 5.74) is 1.07. The number of benzene rings is 1. The van der Waals surface area contributed by atoms with Gasteiger partial charge in [0.1, 0.15) is 0 Å². The lowest BCUT2D eigenvalue weighted by Gasteiger charge is -2.12. The summed E-state index contributed by atoms with van der Waals surface area (Å²) >= 11 is 11.8. The van der Waals surface area contributed by atoms with Gasteiger partial charge in [-0.25, -0.2) is 0 Å². The van der Waals surface area contributed by atoms with Crippen molar-refractivity contribution in [1.82, 2.24) is 5.32 Å². The van der Waals surface area contributed by atoms with E-state index in [-0.39, 0.29) is 30.7 Å². The van der Waals surface area contributed by atoms with E-state index in [4.69, 9.17) is 28.3 Å². The summed E-state index contributed by atoms with van der Waals surface area (Å²) in [4.78, 5) is 11.1. The summed E-state index contributed by atoms with van der Waals surface area (Å²) in [7, 11) is 0. The van der Waals surface area contributed by atoms with Crippen LogP contribution in [0.25, 0.3) is 0 Å². The topological polar surface area (TPSA) is 49.3 Å². The van der Waals surface area contributed by atoms with Crippen LogP contribution >= 0.6 is 48.0 Å². The zero-order valence-corrected chi connectivity index (χ0v) is 16.3. The Labute approximate surface area is 160 Å². The molecular formula is C16H25Cl4NO2. The molecule has 0 aliphatic rings. The quantitative estimate of drug-likeness (QED) is 0.499. The zero-order valence-electron chi connectivity index (χ0n) is 13.2. The lowest BCUT2D eigenvalue weighted by atomic mass is 9.97. The smallest absolute Gasteiger partial charge is 0.306 e. The molecule has 1 aromatic rings. The van der Waals surface area contributed by atoms with Gasteiger partial charge in [0.2, 0.25) is 0 Å². The minimum atomic E-state index is -0.673. The number of aliphatic carboxylic acids is 1. The summed E-state index contributed by atoms with van der Waals surface area (Å²) < 4.78 is 0. The predicted octanol–water partition coefficient (Wildman–Crippen LogP) is 5.60. The second-order valence-corrected chi connectivity index (χ2v) is 6.06. The van der Waals surface area contributed by atoms with Crippen LogP contribution in [0, 0.1) is 5.92 Å². The van der Waals surface area contributed by atoms with Gasteiger partial charge in [-0.1, -0.05) is 49.0 Å². The van der Waals surface area contributed by atoms with Crippen molar-refractivity contribution in [3.63, 3.8) is 0 Å². The van der Waals surface area contributed by atoms with Crippen LogP contribution in [-0.4, -0.2) is 17.6 Å². The van der Waals surface area contributed by atoms with Crippen LogP contribution < -0.4 is 5.32 Å². The van der Waals surface area contributed by atoms with E-state index in [0.717, 1.165) is 44.2 Å². The van der Waals surface area contributed by atoms with Crippen LogP contribution in [-0.2, 0) is 11.3 Å². The molecule has 1 atom stereocenters. The first-order valence-electron chi connectivity index (χ1n) is 7.42. The molecule has 2 N–H and O–H groups in total. The molecule has 1 rings (SSSR count). The fourth-order valence-electron chi connectivity index (χ4n) is 2.20. The highest BCUT2D eigenvalue weighted by Crippen LogP contribution is 2.22. The SMILES string of the molecule is CCCCC(CCCNCc1ccc(Cl)c(Cl)c1)C(=O)O.Cl.Cl. The summed E-state index contributed by atoms with van der Waals surface area (Å²) in [5, 5.41) is 13.6. The number of nitrogens with one attached hydrogen (secondary N) is 1. The molecule has 0 radical (unpaired) electrons. The molecule has 1 aromatic carbocycles. The Kier molecular flexibility index (Phi) is 15.4. The number of halogens is 4. The van der Waals surface area contributed by atoms with Crippen LogP contribution in [0.15, 0.2) is 18.2 Å². The maximum absolute atomic E-state index is 11.1. The highest BCUT2D eigenvalue weighted by Gasteiger charge is 2.15. The molecule has 0 bridgehead atoms. The van der Waals surface area contributed by atoms with Crippen LogP contribution in [0.5, 0.6) is 0 Å². The Balaban J connectivity index is 0. The van der Waals surface area contributed by atoms with Gasteiger partial charge in [0, 0.05) is 6.54 Å². The van der Waals surface area contributed by atoms with Crippen molar-refractivity contribution in [1.29, 1.82) is 0 Å². The van der Waals surface area contributed by atoms with Gasteiger partial charge in [0.15, 0.2) is 0 Å². The van der Waals surface area contributed by atoms with E-state index in [9.17, 15) is 4.79 Å². The third kappa shape index (κ3) is 10.3. The summed E-state index contributed by atoms with van der Waals surface area (Å²) in [6.07, 6.45) is 4.39. The summed E-state index contributed by atoms with van der Waals surface area (Å²) in [6.45, 7) is 3.59. The monoisotopic (exact) mass is 403 g/mol. The normalized spacial score (nSPS) is 11.3. The molecule has 23 heavy (non-hydrogen) atoms. The number of carboxylic acid groups (broad SMARTS) is 1. The lowest BCUT2D eigenvalue weighted by molar-refractivity contribution is -0.142. The van der Waals surface area contributed by atoms with E-state index in [2.05, 4.69) is 12.2 Å². The first-order chi connectivity index (χ1) is 10.0. The molecule has 0 aliphatic heterocycles. The van der Waals surface area contributed by atoms with Crippen molar-refractivity contribution in [2.45, 2.75) is 45.6 Å². The highest BCUT2D eigenvalue weighted by atomic mass is 35.5. The zero-order chi connectivity index (χ0) is 15.7. The molecule has 0 fully saturated rings. The van der Waals surface area contributed by atoms with E-state index < -0.39 is 5.97 Å². The molecule has 0 saturated carbocycles. The molecule has 1 unspecified atom stereocenters. The standard InChI is InChI=1S/C16H23Cl2NO2.2ClH/c1-2-3-5-13(16(20)21)6-4-9-19-11-12-7-8-14(17)15(18)10-12;;/h7-8,10,13,19H,2-6,9,11H2,1H3,(H,20,21);2*1H. The molecule has 0 spiro atoms. The van der Waals surface area contributed by atoms with E-state index in [1.807, 2.05) is 12.1 Å². The largest absolute Gasteiger partial charge is 0.481 e. The molecule has 0 heterocycles. The van der Waals surface area contributed by atoms with Gasteiger partial charge >= 0.3 is 5.97 Å². The Bertz CT molecular complexity index is 458. The van der Waals surface area contributed by atoms with E-state index in [0.29, 0.717) is 16.6 Å². The molecule has 0 saturated heterocycles. The highest BCUT2D eigenvalue weighted by molar-refractivity contribution is 6.42. The number of rotatable bonds is 10. The minimum Gasteiger partial charge on any atom is -0.481 e. The molecule has 7 heteroatoms. The molecular weight excluding hydrogens is 380 g/mol. The number of carbonyl (C=O) groups is 1. The van der Waals surface area contributed by atoms with Gasteiger partial charge in [-0.3, -0.25) is 4.79 Å². The van der Waals surface area contributed by atoms with Crippen molar-refractivity contribution < 1.29 is 9.90 Å². The molecule has 0 amide bonds. The molecule has 0 aromatic heterocycles. The second-order valence-electron chi connectivity index (χ2n) is 5.24. The summed E-state index contributed by atoms with van der Waals surface area (Å²) in [5.74, 6) is -0.885. The van der Waals surface area contributed by atoms with E-state index in [1.54, 1.807) is 6.07 Å². The third-order valence-corrected chi connectivity index (χ3v) is 4.21. The maximum Gasteiger partial charge on any atom is 0.306 e. The van der Waals surface area contributed by atoms with Gasteiger partial charge in [0.05, 0.1) is 16.0 Å². The Morgan fingerprint density at radius 3 is 2.39 bits per heavy atom. The average Bonchev–Trinajstić information content (AvgIpc) is 2.45.